The van der Waals surface area contributed by atoms with Crippen molar-refractivity contribution in [3.63, 3.8) is 0 Å². The number of aromatic nitrogens is 1. The Balaban J connectivity index is 3.09. The summed E-state index contributed by atoms with van der Waals surface area (Å²) in [5, 5.41) is 0. The van der Waals surface area contributed by atoms with Crippen LogP contribution >= 0.6 is 0 Å². The van der Waals surface area contributed by atoms with Gasteiger partial charge in [0.15, 0.2) is 5.82 Å². The number of hydrogen-bond donors (Lipinski definition) is 2. The Morgan fingerprint density at radius 3 is 2.65 bits per heavy atom. The first-order chi connectivity index (χ1) is 9.45. The van der Waals surface area contributed by atoms with Gasteiger partial charge in [-0.15, -0.1) is 0 Å². The molecule has 0 atom stereocenters. The third kappa shape index (κ3) is 3.91. The molecule has 0 saturated heterocycles. The van der Waals surface area contributed by atoms with Gasteiger partial charge in [0, 0.05) is 18.8 Å². The van der Waals surface area contributed by atoms with E-state index in [9.17, 15) is 8.42 Å². The molecule has 0 aliphatic rings. The number of pyridine rings is 1. The van der Waals surface area contributed by atoms with Crippen molar-refractivity contribution in [2.45, 2.75) is 51.0 Å². The average Bonchev–Trinajstić information content (AvgIpc) is 2.42. The molecule has 3 N–H and O–H groups in total. The van der Waals surface area contributed by atoms with Gasteiger partial charge in [0.25, 0.3) is 0 Å². The van der Waals surface area contributed by atoms with E-state index in [2.05, 4.69) is 17.3 Å². The molecule has 0 radical (unpaired) electrons. The van der Waals surface area contributed by atoms with Crippen molar-refractivity contribution in [2.24, 2.45) is 5.84 Å². The number of hydrazine groups is 1. The zero-order valence-electron chi connectivity index (χ0n) is 12.3. The van der Waals surface area contributed by atoms with E-state index < -0.39 is 10.0 Å². The van der Waals surface area contributed by atoms with Gasteiger partial charge in [-0.05, 0) is 32.4 Å². The van der Waals surface area contributed by atoms with Crippen LogP contribution in [0.15, 0.2) is 23.2 Å². The number of nitrogens with zero attached hydrogens (tertiary/aromatic N) is 2. The molecule has 0 fully saturated rings. The van der Waals surface area contributed by atoms with Crippen LogP contribution in [-0.4, -0.2) is 30.3 Å². The van der Waals surface area contributed by atoms with Crippen LogP contribution in [-0.2, 0) is 10.0 Å². The van der Waals surface area contributed by atoms with Crippen LogP contribution in [0.4, 0.5) is 5.82 Å². The molecule has 1 heterocycles. The number of hydrogen-bond acceptors (Lipinski definition) is 5. The molecule has 6 nitrogen and oxygen atoms in total. The lowest BCUT2D eigenvalue weighted by Crippen LogP contribution is -2.38. The second-order valence-corrected chi connectivity index (χ2v) is 6.77. The van der Waals surface area contributed by atoms with Crippen LogP contribution in [0.3, 0.4) is 0 Å². The first kappa shape index (κ1) is 16.9. The third-order valence-electron chi connectivity index (χ3n) is 3.05. The van der Waals surface area contributed by atoms with E-state index in [0.717, 1.165) is 19.3 Å². The lowest BCUT2D eigenvalue weighted by Gasteiger charge is -2.26. The molecule has 114 valence electrons. The first-order valence-corrected chi connectivity index (χ1v) is 8.32. The molecule has 20 heavy (non-hydrogen) atoms. The zero-order valence-corrected chi connectivity index (χ0v) is 13.2. The highest BCUT2D eigenvalue weighted by Gasteiger charge is 2.29. The van der Waals surface area contributed by atoms with E-state index in [4.69, 9.17) is 5.84 Å². The molecule has 0 spiro atoms. The van der Waals surface area contributed by atoms with E-state index in [1.165, 1.54) is 16.6 Å². The first-order valence-electron chi connectivity index (χ1n) is 6.88. The fraction of sp³-hybridized carbons (Fsp3) is 0.615. The zero-order chi connectivity index (χ0) is 15.2. The maximum absolute atomic E-state index is 12.7. The van der Waals surface area contributed by atoms with Crippen LogP contribution < -0.4 is 11.3 Å². The summed E-state index contributed by atoms with van der Waals surface area (Å²) in [7, 11) is -3.60. The Labute approximate surface area is 121 Å². The molecule has 0 aliphatic carbocycles. The van der Waals surface area contributed by atoms with Crippen LogP contribution in [0.1, 0.15) is 40.0 Å². The van der Waals surface area contributed by atoms with Gasteiger partial charge in [0.1, 0.15) is 4.90 Å². The summed E-state index contributed by atoms with van der Waals surface area (Å²) in [6.45, 7) is 6.34. The number of nitrogens with two attached hydrogens (primary N) is 1. The summed E-state index contributed by atoms with van der Waals surface area (Å²) in [5.74, 6) is 5.52. The Morgan fingerprint density at radius 2 is 2.10 bits per heavy atom. The number of anilines is 1. The van der Waals surface area contributed by atoms with Gasteiger partial charge in [-0.3, -0.25) is 0 Å². The predicted octanol–water partition coefficient (Wildman–Crippen LogP) is 1.96. The van der Waals surface area contributed by atoms with Gasteiger partial charge in [-0.2, -0.15) is 4.31 Å². The highest BCUT2D eigenvalue weighted by molar-refractivity contribution is 7.89. The SMILES string of the molecule is CCCCCN(C(C)C)S(=O)(=O)c1cccnc1NN. The number of rotatable bonds is 8. The normalized spacial score (nSPS) is 12.1. The minimum atomic E-state index is -3.60. The lowest BCUT2D eigenvalue weighted by molar-refractivity contribution is 0.345. The molecule has 0 unspecified atom stereocenters. The van der Waals surface area contributed by atoms with Crippen molar-refractivity contribution in [3.05, 3.63) is 18.3 Å². The summed E-state index contributed by atoms with van der Waals surface area (Å²) in [6.07, 6.45) is 4.41. The molecule has 7 heteroatoms. The molecule has 0 bridgehead atoms. The highest BCUT2D eigenvalue weighted by Crippen LogP contribution is 2.23. The fourth-order valence-corrected chi connectivity index (χ4v) is 3.79. The monoisotopic (exact) mass is 300 g/mol. The minimum Gasteiger partial charge on any atom is -0.307 e. The molecule has 0 saturated carbocycles. The van der Waals surface area contributed by atoms with Gasteiger partial charge in [-0.1, -0.05) is 19.8 Å². The van der Waals surface area contributed by atoms with Crippen LogP contribution in [0.25, 0.3) is 0 Å². The Hall–Kier alpha value is -1.18. The second kappa shape index (κ2) is 7.56. The summed E-state index contributed by atoms with van der Waals surface area (Å²) in [5.41, 5.74) is 2.35. The Kier molecular flexibility index (Phi) is 6.38. The van der Waals surface area contributed by atoms with E-state index in [0.29, 0.717) is 6.54 Å². The minimum absolute atomic E-state index is 0.109. The maximum Gasteiger partial charge on any atom is 0.247 e. The number of sulfonamides is 1. The summed E-state index contributed by atoms with van der Waals surface area (Å²) < 4.78 is 27.0. The summed E-state index contributed by atoms with van der Waals surface area (Å²) >= 11 is 0. The van der Waals surface area contributed by atoms with Crippen molar-refractivity contribution in [1.29, 1.82) is 0 Å². The molecule has 0 aromatic carbocycles. The molecule has 0 aliphatic heterocycles. The van der Waals surface area contributed by atoms with Crippen molar-refractivity contribution >= 4 is 15.8 Å². The molecule has 1 aromatic heterocycles. The van der Waals surface area contributed by atoms with Gasteiger partial charge in [-0.25, -0.2) is 19.2 Å². The van der Waals surface area contributed by atoms with Gasteiger partial charge in [0.05, 0.1) is 0 Å². The smallest absolute Gasteiger partial charge is 0.247 e. The van der Waals surface area contributed by atoms with E-state index in [-0.39, 0.29) is 16.8 Å². The van der Waals surface area contributed by atoms with Crippen molar-refractivity contribution < 1.29 is 8.42 Å². The van der Waals surface area contributed by atoms with Gasteiger partial charge >= 0.3 is 0 Å². The maximum atomic E-state index is 12.7. The van der Waals surface area contributed by atoms with Crippen molar-refractivity contribution in [2.75, 3.05) is 12.0 Å². The van der Waals surface area contributed by atoms with Gasteiger partial charge < -0.3 is 5.43 Å². The molecular formula is C13H24N4O2S. The summed E-state index contributed by atoms with van der Waals surface area (Å²) in [6, 6.07) is 3.01. The number of nitrogens with one attached hydrogen (secondary N) is 1. The van der Waals surface area contributed by atoms with Crippen LogP contribution in [0, 0.1) is 0 Å². The fourth-order valence-electron chi connectivity index (χ4n) is 2.01. The predicted molar refractivity (Wildman–Crippen MR) is 80.6 cm³/mol. The number of unbranched alkanes of at least 4 members (excludes halogenated alkanes) is 2. The summed E-state index contributed by atoms with van der Waals surface area (Å²) in [4.78, 5) is 4.08. The largest absolute Gasteiger partial charge is 0.307 e. The Morgan fingerprint density at radius 1 is 1.40 bits per heavy atom. The Bertz CT molecular complexity index is 517. The number of nitrogen functional groups attached to an aromatic ring is 1. The van der Waals surface area contributed by atoms with Crippen LogP contribution in [0.2, 0.25) is 0 Å². The topological polar surface area (TPSA) is 88.3 Å². The standard InChI is InChI=1S/C13H24N4O2S/c1-4-5-6-10-17(11(2)3)20(18,19)12-8-7-9-15-13(12)16-14/h7-9,11H,4-6,10,14H2,1-3H3,(H,15,16). The third-order valence-corrected chi connectivity index (χ3v) is 5.16. The average molecular weight is 300 g/mol. The van der Waals surface area contributed by atoms with Gasteiger partial charge in [0.2, 0.25) is 10.0 Å². The molecule has 1 rings (SSSR count). The molecular weight excluding hydrogens is 276 g/mol. The van der Waals surface area contributed by atoms with E-state index >= 15 is 0 Å². The van der Waals surface area contributed by atoms with Crippen molar-refractivity contribution in [1.82, 2.24) is 9.29 Å². The lowest BCUT2D eigenvalue weighted by atomic mass is 10.2. The second-order valence-electron chi connectivity index (χ2n) is 4.91. The van der Waals surface area contributed by atoms with Crippen LogP contribution in [0.5, 0.6) is 0 Å². The van der Waals surface area contributed by atoms with E-state index in [1.807, 2.05) is 13.8 Å². The molecule has 0 amide bonds. The van der Waals surface area contributed by atoms with E-state index in [1.54, 1.807) is 6.07 Å². The quantitative estimate of drug-likeness (QED) is 0.435. The highest BCUT2D eigenvalue weighted by atomic mass is 32.2. The molecule has 1 aromatic rings. The van der Waals surface area contributed by atoms with Crippen molar-refractivity contribution in [3.8, 4) is 0 Å².